The van der Waals surface area contributed by atoms with Gasteiger partial charge in [0.2, 0.25) is 11.6 Å². The number of aromatic nitrogens is 4. The molecule has 5 rings (SSSR count). The van der Waals surface area contributed by atoms with Crippen LogP contribution in [-0.4, -0.2) is 50.7 Å². The van der Waals surface area contributed by atoms with Gasteiger partial charge in [-0.15, -0.1) is 5.10 Å². The molecule has 0 bridgehead atoms. The predicted octanol–water partition coefficient (Wildman–Crippen LogP) is 4.50. The molecule has 10 nitrogen and oxygen atoms in total. The van der Waals surface area contributed by atoms with Gasteiger partial charge in [-0.1, -0.05) is 46.4 Å². The normalized spacial score (nSPS) is 13.6. The molecule has 0 aliphatic carbocycles. The van der Waals surface area contributed by atoms with Gasteiger partial charge >= 0.3 is 5.69 Å². The number of nitrogens with one attached hydrogen (secondary N) is 1. The molecule has 1 aliphatic heterocycles. The summed E-state index contributed by atoms with van der Waals surface area (Å²) in [6.45, 7) is 2.97. The van der Waals surface area contributed by atoms with E-state index in [1.807, 2.05) is 58.8 Å². The summed E-state index contributed by atoms with van der Waals surface area (Å²) in [4.78, 5) is 24.2. The first kappa shape index (κ1) is 22.9. The van der Waals surface area contributed by atoms with Crippen molar-refractivity contribution in [3.05, 3.63) is 80.9 Å². The zero-order chi connectivity index (χ0) is 24.2. The molecule has 0 spiro atoms. The van der Waals surface area contributed by atoms with Gasteiger partial charge in [0.15, 0.2) is 0 Å². The van der Waals surface area contributed by atoms with E-state index < -0.39 is 4.92 Å². The number of anilines is 3. The van der Waals surface area contributed by atoms with Gasteiger partial charge in [-0.2, -0.15) is 0 Å². The Morgan fingerprint density at radius 1 is 1.06 bits per heavy atom. The van der Waals surface area contributed by atoms with Crippen molar-refractivity contribution >= 4 is 46.1 Å². The van der Waals surface area contributed by atoms with Crippen LogP contribution in [0.3, 0.4) is 0 Å². The molecule has 12 heteroatoms. The first-order valence-electron chi connectivity index (χ1n) is 10.9. The Labute approximate surface area is 210 Å². The van der Waals surface area contributed by atoms with Crippen molar-refractivity contribution in [3.8, 4) is 11.3 Å². The molecule has 2 aromatic carbocycles. The van der Waals surface area contributed by atoms with E-state index in [2.05, 4.69) is 29.8 Å². The van der Waals surface area contributed by atoms with Gasteiger partial charge in [-0.05, 0) is 35.3 Å². The van der Waals surface area contributed by atoms with Crippen molar-refractivity contribution in [3.63, 3.8) is 0 Å². The van der Waals surface area contributed by atoms with Crippen LogP contribution in [0.25, 0.3) is 11.3 Å². The number of hydrogen-bond donors (Lipinski definition) is 1. The molecule has 0 amide bonds. The van der Waals surface area contributed by atoms with Crippen LogP contribution in [0.1, 0.15) is 5.56 Å². The van der Waals surface area contributed by atoms with E-state index in [0.717, 1.165) is 22.5 Å². The summed E-state index contributed by atoms with van der Waals surface area (Å²) in [6.07, 6.45) is 1.37. The molecular weight excluding hydrogens is 488 g/mol. The Kier molecular flexibility index (Phi) is 6.68. The second-order valence-electron chi connectivity index (χ2n) is 7.95. The SMILES string of the molecule is O=[N+]([O-])c1c(NCc2ccc(-c3csnn3)cc2)ncnc1N1CCN(c2cccc(Cl)c2)CC1. The Balaban J connectivity index is 1.29. The topological polar surface area (TPSA) is 113 Å². The van der Waals surface area contributed by atoms with Crippen LogP contribution in [0.5, 0.6) is 0 Å². The van der Waals surface area contributed by atoms with Crippen LogP contribution in [0.4, 0.5) is 23.0 Å². The summed E-state index contributed by atoms with van der Waals surface area (Å²) in [5.41, 5.74) is 3.67. The summed E-state index contributed by atoms with van der Waals surface area (Å²) in [7, 11) is 0. The van der Waals surface area contributed by atoms with E-state index in [1.54, 1.807) is 0 Å². The van der Waals surface area contributed by atoms with Crippen LogP contribution in [-0.2, 0) is 6.54 Å². The van der Waals surface area contributed by atoms with E-state index in [9.17, 15) is 10.1 Å². The Bertz CT molecular complexity index is 1310. The summed E-state index contributed by atoms with van der Waals surface area (Å²) in [6, 6.07) is 15.5. The zero-order valence-electron chi connectivity index (χ0n) is 18.5. The minimum absolute atomic E-state index is 0.117. The van der Waals surface area contributed by atoms with E-state index in [4.69, 9.17) is 11.6 Å². The maximum absolute atomic E-state index is 12.0. The van der Waals surface area contributed by atoms with Gasteiger partial charge in [-0.3, -0.25) is 10.1 Å². The van der Waals surface area contributed by atoms with Crippen molar-refractivity contribution in [1.29, 1.82) is 0 Å². The molecular formula is C23H21ClN8O2S. The average Bonchev–Trinajstić information content (AvgIpc) is 3.43. The number of halogens is 1. The van der Waals surface area contributed by atoms with Crippen LogP contribution in [0.15, 0.2) is 60.2 Å². The molecule has 4 aromatic rings. The lowest BCUT2D eigenvalue weighted by molar-refractivity contribution is -0.383. The third-order valence-electron chi connectivity index (χ3n) is 5.81. The average molecular weight is 509 g/mol. The summed E-state index contributed by atoms with van der Waals surface area (Å²) >= 11 is 7.43. The number of benzene rings is 2. The van der Waals surface area contributed by atoms with Crippen LogP contribution in [0, 0.1) is 10.1 Å². The minimum Gasteiger partial charge on any atom is -0.368 e. The van der Waals surface area contributed by atoms with Crippen LogP contribution in [0.2, 0.25) is 5.02 Å². The van der Waals surface area contributed by atoms with Crippen molar-refractivity contribution in [2.24, 2.45) is 0 Å². The van der Waals surface area contributed by atoms with Crippen LogP contribution >= 0.6 is 23.1 Å². The maximum atomic E-state index is 12.0. The van der Waals surface area contributed by atoms with Gasteiger partial charge < -0.3 is 15.1 Å². The fraction of sp³-hybridized carbons (Fsp3) is 0.217. The largest absolute Gasteiger partial charge is 0.368 e. The fourth-order valence-corrected chi connectivity index (χ4v) is 4.67. The summed E-state index contributed by atoms with van der Waals surface area (Å²) < 4.78 is 3.88. The maximum Gasteiger partial charge on any atom is 0.353 e. The molecule has 3 heterocycles. The molecule has 0 unspecified atom stereocenters. The molecule has 1 saturated heterocycles. The fourth-order valence-electron chi connectivity index (χ4n) is 4.02. The third kappa shape index (κ3) is 5.15. The molecule has 1 aliphatic rings. The van der Waals surface area contributed by atoms with Crippen molar-refractivity contribution in [2.75, 3.05) is 41.3 Å². The highest BCUT2D eigenvalue weighted by Gasteiger charge is 2.29. The number of nitrogens with zero attached hydrogens (tertiary/aromatic N) is 7. The molecule has 35 heavy (non-hydrogen) atoms. The molecule has 178 valence electrons. The first-order valence-corrected chi connectivity index (χ1v) is 12.1. The number of rotatable bonds is 7. The molecule has 0 radical (unpaired) electrons. The van der Waals surface area contributed by atoms with Gasteiger partial charge in [0.25, 0.3) is 0 Å². The van der Waals surface area contributed by atoms with Gasteiger partial charge in [0.1, 0.15) is 12.0 Å². The lowest BCUT2D eigenvalue weighted by Crippen LogP contribution is -2.47. The van der Waals surface area contributed by atoms with Crippen molar-refractivity contribution in [2.45, 2.75) is 6.54 Å². The first-order chi connectivity index (χ1) is 17.1. The third-order valence-corrected chi connectivity index (χ3v) is 6.55. The Hall–Kier alpha value is -3.83. The Morgan fingerprint density at radius 2 is 1.83 bits per heavy atom. The zero-order valence-corrected chi connectivity index (χ0v) is 20.1. The highest BCUT2D eigenvalue weighted by atomic mass is 35.5. The van der Waals surface area contributed by atoms with Gasteiger partial charge in [-0.25, -0.2) is 9.97 Å². The van der Waals surface area contributed by atoms with Crippen molar-refractivity contribution < 1.29 is 4.92 Å². The standard InChI is InChI=1S/C23H21ClN8O2S/c24-18-2-1-3-19(12-18)30-8-10-31(11-9-30)23-21(32(33)34)22(26-15-27-23)25-13-16-4-6-17(7-5-16)20-14-35-29-28-20/h1-7,12,14-15H,8-11,13H2,(H,25,26,27). The van der Waals surface area contributed by atoms with Gasteiger partial charge in [0, 0.05) is 54.4 Å². The van der Waals surface area contributed by atoms with Crippen molar-refractivity contribution in [1.82, 2.24) is 19.6 Å². The highest BCUT2D eigenvalue weighted by Crippen LogP contribution is 2.33. The Morgan fingerprint density at radius 3 is 2.51 bits per heavy atom. The number of piperazine rings is 1. The second-order valence-corrected chi connectivity index (χ2v) is 8.99. The van der Waals surface area contributed by atoms with E-state index in [-0.39, 0.29) is 11.5 Å². The lowest BCUT2D eigenvalue weighted by atomic mass is 10.1. The monoisotopic (exact) mass is 508 g/mol. The summed E-state index contributed by atoms with van der Waals surface area (Å²) in [5.74, 6) is 0.523. The predicted molar refractivity (Wildman–Crippen MR) is 137 cm³/mol. The number of hydrogen-bond acceptors (Lipinski definition) is 10. The molecule has 1 fully saturated rings. The molecule has 1 N–H and O–H groups in total. The number of nitro groups is 1. The smallest absolute Gasteiger partial charge is 0.353 e. The molecule has 2 aromatic heterocycles. The lowest BCUT2D eigenvalue weighted by Gasteiger charge is -2.36. The second kappa shape index (κ2) is 10.2. The molecule has 0 atom stereocenters. The van der Waals surface area contributed by atoms with Gasteiger partial charge in [0.05, 0.1) is 4.92 Å². The molecule has 0 saturated carbocycles. The minimum atomic E-state index is -0.417. The van der Waals surface area contributed by atoms with E-state index in [0.29, 0.717) is 43.6 Å². The quantitative estimate of drug-likeness (QED) is 0.285. The van der Waals surface area contributed by atoms with E-state index >= 15 is 0 Å². The highest BCUT2D eigenvalue weighted by molar-refractivity contribution is 7.03. The van der Waals surface area contributed by atoms with Crippen LogP contribution < -0.4 is 15.1 Å². The van der Waals surface area contributed by atoms with E-state index in [1.165, 1.54) is 17.9 Å². The summed E-state index contributed by atoms with van der Waals surface area (Å²) in [5, 5.41) is 21.8.